The van der Waals surface area contributed by atoms with Gasteiger partial charge in [-0.25, -0.2) is 0 Å². The van der Waals surface area contributed by atoms with Gasteiger partial charge in [0.05, 0.1) is 0 Å². The molecule has 0 saturated carbocycles. The Morgan fingerprint density at radius 2 is 1.67 bits per heavy atom. The van der Waals surface area contributed by atoms with Gasteiger partial charge in [-0.1, -0.05) is 35.5 Å². The van der Waals surface area contributed by atoms with Gasteiger partial charge in [0, 0.05) is 21.6 Å². The quantitative estimate of drug-likeness (QED) is 0.683. The molecule has 1 unspecified atom stereocenters. The third kappa shape index (κ3) is 5.56. The van der Waals surface area contributed by atoms with Gasteiger partial charge in [0.25, 0.3) is 5.76 Å². The summed E-state index contributed by atoms with van der Waals surface area (Å²) >= 11 is 6.41. The minimum absolute atomic E-state index is 0.236. The molecule has 112 valence electrons. The summed E-state index contributed by atoms with van der Waals surface area (Å²) < 4.78 is 24.5. The number of rotatable bonds is 6. The molecule has 1 N–H and O–H groups in total. The largest absolute Gasteiger partial charge is 0.382 e. The van der Waals surface area contributed by atoms with Crippen LogP contribution in [0.15, 0.2) is 53.4 Å². The SMILES string of the molecule is CC(Cc1ccc(Cl)cc1)Nc1ccc(SC(F)F)cc1. The van der Waals surface area contributed by atoms with Crippen molar-refractivity contribution >= 4 is 29.1 Å². The van der Waals surface area contributed by atoms with E-state index in [9.17, 15) is 8.78 Å². The van der Waals surface area contributed by atoms with Crippen LogP contribution in [0.25, 0.3) is 0 Å². The number of thioether (sulfide) groups is 1. The van der Waals surface area contributed by atoms with E-state index >= 15 is 0 Å². The first-order valence-corrected chi connectivity index (χ1v) is 7.84. The molecule has 0 aliphatic rings. The third-order valence-electron chi connectivity index (χ3n) is 2.95. The third-order valence-corrected chi connectivity index (χ3v) is 3.92. The molecule has 2 aromatic carbocycles. The van der Waals surface area contributed by atoms with E-state index in [0.29, 0.717) is 16.7 Å². The highest BCUT2D eigenvalue weighted by atomic mass is 35.5. The number of nitrogens with one attached hydrogen (secondary N) is 1. The minimum atomic E-state index is -2.38. The van der Waals surface area contributed by atoms with Crippen molar-refractivity contribution < 1.29 is 8.78 Å². The van der Waals surface area contributed by atoms with E-state index in [1.165, 1.54) is 5.56 Å². The van der Waals surface area contributed by atoms with E-state index in [0.717, 1.165) is 17.1 Å². The Balaban J connectivity index is 1.90. The van der Waals surface area contributed by atoms with Crippen molar-refractivity contribution in [3.8, 4) is 0 Å². The van der Waals surface area contributed by atoms with Gasteiger partial charge >= 0.3 is 0 Å². The monoisotopic (exact) mass is 327 g/mol. The van der Waals surface area contributed by atoms with E-state index in [2.05, 4.69) is 12.2 Å². The number of benzene rings is 2. The second-order valence-corrected chi connectivity index (χ2v) is 6.28. The first-order chi connectivity index (χ1) is 10.0. The molecule has 2 aromatic rings. The lowest BCUT2D eigenvalue weighted by molar-refractivity contribution is 0.252. The van der Waals surface area contributed by atoms with Crippen molar-refractivity contribution in [1.82, 2.24) is 0 Å². The van der Waals surface area contributed by atoms with Crippen LogP contribution in [-0.2, 0) is 6.42 Å². The van der Waals surface area contributed by atoms with Gasteiger partial charge in [-0.15, -0.1) is 0 Å². The number of hydrogen-bond acceptors (Lipinski definition) is 2. The van der Waals surface area contributed by atoms with Crippen LogP contribution in [0.1, 0.15) is 12.5 Å². The molecule has 0 amide bonds. The molecule has 0 fully saturated rings. The topological polar surface area (TPSA) is 12.0 Å². The van der Waals surface area contributed by atoms with Gasteiger partial charge in [0.1, 0.15) is 0 Å². The van der Waals surface area contributed by atoms with Crippen LogP contribution in [0.5, 0.6) is 0 Å². The molecule has 0 radical (unpaired) electrons. The van der Waals surface area contributed by atoms with Crippen LogP contribution in [0.2, 0.25) is 5.02 Å². The summed E-state index contributed by atoms with van der Waals surface area (Å²) in [5, 5.41) is 4.08. The zero-order valence-electron chi connectivity index (χ0n) is 11.5. The Morgan fingerprint density at radius 3 is 2.24 bits per heavy atom. The average Bonchev–Trinajstić information content (AvgIpc) is 2.43. The van der Waals surface area contributed by atoms with Crippen molar-refractivity contribution in [3.05, 3.63) is 59.1 Å². The zero-order valence-corrected chi connectivity index (χ0v) is 13.1. The van der Waals surface area contributed by atoms with Gasteiger partial charge in [-0.3, -0.25) is 0 Å². The molecule has 0 bridgehead atoms. The van der Waals surface area contributed by atoms with Crippen molar-refractivity contribution in [2.75, 3.05) is 5.32 Å². The Hall–Kier alpha value is -1.26. The van der Waals surface area contributed by atoms with E-state index in [4.69, 9.17) is 11.6 Å². The number of anilines is 1. The summed E-state index contributed by atoms with van der Waals surface area (Å²) in [6, 6.07) is 15.0. The fourth-order valence-corrected chi connectivity index (χ4v) is 2.67. The van der Waals surface area contributed by atoms with Gasteiger partial charge in [-0.05, 0) is 55.3 Å². The van der Waals surface area contributed by atoms with Crippen LogP contribution < -0.4 is 5.32 Å². The molecule has 1 atom stereocenters. The predicted molar refractivity (Wildman–Crippen MR) is 86.5 cm³/mol. The maximum absolute atomic E-state index is 12.2. The maximum atomic E-state index is 12.2. The first-order valence-electron chi connectivity index (χ1n) is 6.59. The summed E-state index contributed by atoms with van der Waals surface area (Å²) in [5.74, 6) is -2.38. The Kier molecular flexibility index (Phi) is 5.88. The fraction of sp³-hybridized carbons (Fsp3) is 0.250. The summed E-state index contributed by atoms with van der Waals surface area (Å²) in [7, 11) is 0. The van der Waals surface area contributed by atoms with E-state index in [1.54, 1.807) is 12.1 Å². The molecule has 0 aliphatic carbocycles. The molecular formula is C16H16ClF2NS. The molecule has 0 spiro atoms. The van der Waals surface area contributed by atoms with Gasteiger partial charge in [0.2, 0.25) is 0 Å². The summed E-state index contributed by atoms with van der Waals surface area (Å²) in [4.78, 5) is 0.570. The number of alkyl halides is 2. The first kappa shape index (κ1) is 16.1. The van der Waals surface area contributed by atoms with E-state index in [-0.39, 0.29) is 6.04 Å². The Labute approximate surface area is 132 Å². The smallest absolute Gasteiger partial charge is 0.288 e. The number of halogens is 3. The summed E-state index contributed by atoms with van der Waals surface area (Å²) in [6.07, 6.45) is 0.866. The van der Waals surface area contributed by atoms with E-state index in [1.807, 2.05) is 36.4 Å². The molecular weight excluding hydrogens is 312 g/mol. The molecule has 0 aromatic heterocycles. The standard InChI is InChI=1S/C16H16ClF2NS/c1-11(10-12-2-4-13(17)5-3-12)20-14-6-8-15(9-7-14)21-16(18)19/h2-9,11,16,20H,10H2,1H3. The molecule has 1 nitrogen and oxygen atoms in total. The lowest BCUT2D eigenvalue weighted by atomic mass is 10.1. The lowest BCUT2D eigenvalue weighted by Crippen LogP contribution is -2.17. The van der Waals surface area contributed by atoms with Gasteiger partial charge in [-0.2, -0.15) is 8.78 Å². The summed E-state index contributed by atoms with van der Waals surface area (Å²) in [6.45, 7) is 2.08. The van der Waals surface area contributed by atoms with Gasteiger partial charge < -0.3 is 5.32 Å². The molecule has 21 heavy (non-hydrogen) atoms. The zero-order chi connectivity index (χ0) is 15.2. The fourth-order valence-electron chi connectivity index (χ4n) is 2.04. The van der Waals surface area contributed by atoms with Crippen LogP contribution in [0.4, 0.5) is 14.5 Å². The van der Waals surface area contributed by atoms with Crippen molar-refractivity contribution in [3.63, 3.8) is 0 Å². The van der Waals surface area contributed by atoms with Crippen LogP contribution in [0, 0.1) is 0 Å². The second-order valence-electron chi connectivity index (χ2n) is 4.78. The normalized spacial score (nSPS) is 12.4. The van der Waals surface area contributed by atoms with Crippen LogP contribution >= 0.6 is 23.4 Å². The van der Waals surface area contributed by atoms with Crippen LogP contribution in [0.3, 0.4) is 0 Å². The van der Waals surface area contributed by atoms with E-state index < -0.39 is 5.76 Å². The highest BCUT2D eigenvalue weighted by molar-refractivity contribution is 7.99. The summed E-state index contributed by atoms with van der Waals surface area (Å²) in [5.41, 5.74) is 2.12. The molecule has 0 aliphatic heterocycles. The molecule has 5 heteroatoms. The van der Waals surface area contributed by atoms with Crippen LogP contribution in [-0.4, -0.2) is 11.8 Å². The molecule has 0 heterocycles. The maximum Gasteiger partial charge on any atom is 0.288 e. The minimum Gasteiger partial charge on any atom is -0.382 e. The van der Waals surface area contributed by atoms with Gasteiger partial charge in [0.15, 0.2) is 0 Å². The highest BCUT2D eigenvalue weighted by Gasteiger charge is 2.06. The van der Waals surface area contributed by atoms with Crippen molar-refractivity contribution in [2.24, 2.45) is 0 Å². The molecule has 2 rings (SSSR count). The second kappa shape index (κ2) is 7.66. The number of hydrogen-bond donors (Lipinski definition) is 1. The average molecular weight is 328 g/mol. The lowest BCUT2D eigenvalue weighted by Gasteiger charge is -2.15. The Morgan fingerprint density at radius 1 is 1.05 bits per heavy atom. The predicted octanol–water partition coefficient (Wildman–Crippen LogP) is 5.70. The molecule has 0 saturated heterocycles. The van der Waals surface area contributed by atoms with Crippen molar-refractivity contribution in [1.29, 1.82) is 0 Å². The highest BCUT2D eigenvalue weighted by Crippen LogP contribution is 2.26. The van der Waals surface area contributed by atoms with Crippen molar-refractivity contribution in [2.45, 2.75) is 30.0 Å². The Bertz CT molecular complexity index is 557.